The number of carboxylic acids is 1. The van der Waals surface area contributed by atoms with Gasteiger partial charge in [0, 0.05) is 18.4 Å². The molecule has 0 aromatic carbocycles. The molecule has 0 radical (unpaired) electrons. The van der Waals surface area contributed by atoms with Crippen molar-refractivity contribution < 1.29 is 28.8 Å². The molecule has 3 nitrogen and oxygen atoms in total. The molecule has 0 aromatic rings. The van der Waals surface area contributed by atoms with Crippen LogP contribution in [0.1, 0.15) is 233 Å². The van der Waals surface area contributed by atoms with Crippen molar-refractivity contribution in [2.24, 2.45) is 0 Å². The number of rotatable bonds is 37. The Kier molecular flexibility index (Phi) is 41.1. The monoisotopic (exact) mass is 614 g/mol. The van der Waals surface area contributed by atoms with Gasteiger partial charge in [-0.2, -0.15) is 0 Å². The number of hydrogen-bond acceptors (Lipinski definition) is 3. The van der Waals surface area contributed by atoms with Gasteiger partial charge in [-0.05, 0) is 32.4 Å². The zero-order chi connectivity index (χ0) is 31.5. The zero-order valence-electron chi connectivity index (χ0n) is 31.1. The third-order valence-electron chi connectivity index (χ3n) is 9.64. The van der Waals surface area contributed by atoms with Crippen molar-refractivity contribution in [3.05, 3.63) is 0 Å². The van der Waals surface area contributed by atoms with E-state index in [1.165, 1.54) is 193 Å². The van der Waals surface area contributed by atoms with Gasteiger partial charge < -0.3 is 14.8 Å². The fraction of sp³-hybridized carbons (Fsp3) is 0.975. The maximum absolute atomic E-state index is 11.5. The average Bonchev–Trinajstić information content (AvgIpc) is 2.99. The first-order valence-corrected chi connectivity index (χ1v) is 20.1. The van der Waals surface area contributed by atoms with E-state index in [1.807, 2.05) is 0 Å². The van der Waals surface area contributed by atoms with Crippen molar-refractivity contribution in [3.63, 3.8) is 0 Å². The van der Waals surface area contributed by atoms with Crippen LogP contribution in [0.4, 0.5) is 0 Å². The minimum atomic E-state index is -0.878. The van der Waals surface area contributed by atoms with Gasteiger partial charge in [0.25, 0.3) is 0 Å². The van der Waals surface area contributed by atoms with Crippen molar-refractivity contribution in [1.29, 1.82) is 0 Å². The van der Waals surface area contributed by atoms with E-state index < -0.39 is 5.97 Å². The molecule has 258 valence electrons. The van der Waals surface area contributed by atoms with Crippen LogP contribution in [0.25, 0.3) is 0 Å². The number of carboxylic acid groups (broad SMARTS) is 1. The Morgan fingerprint density at radius 1 is 0.432 bits per heavy atom. The Morgan fingerprint density at radius 2 is 0.682 bits per heavy atom. The van der Waals surface area contributed by atoms with Crippen LogP contribution in [0, 0.1) is 0 Å². The van der Waals surface area contributed by atoms with Crippen LogP contribution in [0.5, 0.6) is 0 Å². The number of nitrogens with zero attached hydrogens (tertiary/aromatic N) is 1. The van der Waals surface area contributed by atoms with Crippen LogP contribution < -0.4 is 24.0 Å². The number of carbonyl (C=O) groups is 1. The molecule has 0 bridgehead atoms. The van der Waals surface area contributed by atoms with Gasteiger partial charge in [-0.15, -0.1) is 0 Å². The van der Waals surface area contributed by atoms with Crippen molar-refractivity contribution in [2.75, 3.05) is 13.1 Å². The number of carbonyl (C=O) groups excluding carboxylic acids is 1. The molecule has 0 fully saturated rings. The van der Waals surface area contributed by atoms with Gasteiger partial charge in [0.15, 0.2) is 0 Å². The Balaban J connectivity index is 0. The van der Waals surface area contributed by atoms with E-state index in [9.17, 15) is 9.90 Å². The first-order valence-electron chi connectivity index (χ1n) is 20.1. The summed E-state index contributed by atoms with van der Waals surface area (Å²) in [4.78, 5) is 14.0. The summed E-state index contributed by atoms with van der Waals surface area (Å²) in [5, 5.41) is 11.5. The largest absolute Gasteiger partial charge is 1.00 e. The predicted octanol–water partition coefficient (Wildman–Crippen LogP) is 9.34. The molecule has 1 atom stereocenters. The minimum absolute atomic E-state index is 0. The second-order valence-corrected chi connectivity index (χ2v) is 14.0. The standard InChI is InChI=1S/C40H81NO2.Li/c1-4-7-9-11-13-15-17-19-21-23-25-27-29-31-33-36-41(39(35-6-3)38-40(42)43)37-34-32-30-28-26-24-22-20-18-16-14-12-10-8-5-2;/h39H,4-38H2,1-3H3,(H,42,43);/q;+1/p-1. The van der Waals surface area contributed by atoms with E-state index >= 15 is 0 Å². The Bertz CT molecular complexity index is 509. The van der Waals surface area contributed by atoms with Gasteiger partial charge in [-0.25, -0.2) is 0 Å². The summed E-state index contributed by atoms with van der Waals surface area (Å²) in [6, 6.07) is 0.160. The summed E-state index contributed by atoms with van der Waals surface area (Å²) in [6.07, 6.45) is 43.9. The molecule has 0 spiro atoms. The van der Waals surface area contributed by atoms with Crippen LogP contribution in [-0.2, 0) is 4.79 Å². The van der Waals surface area contributed by atoms with Crippen molar-refractivity contribution in [1.82, 2.24) is 4.90 Å². The molecule has 0 heterocycles. The Hall–Kier alpha value is 0.0274. The van der Waals surface area contributed by atoms with Gasteiger partial charge in [0.1, 0.15) is 0 Å². The maximum Gasteiger partial charge on any atom is 1.00 e. The Labute approximate surface area is 290 Å². The summed E-state index contributed by atoms with van der Waals surface area (Å²) < 4.78 is 0. The third-order valence-corrected chi connectivity index (χ3v) is 9.64. The van der Waals surface area contributed by atoms with Crippen LogP contribution >= 0.6 is 0 Å². The van der Waals surface area contributed by atoms with Crippen molar-refractivity contribution in [2.45, 2.75) is 239 Å². The molecule has 0 amide bonds. The minimum Gasteiger partial charge on any atom is -0.550 e. The van der Waals surface area contributed by atoms with Gasteiger partial charge in [0.05, 0.1) is 0 Å². The van der Waals surface area contributed by atoms with E-state index in [1.54, 1.807) is 0 Å². The topological polar surface area (TPSA) is 43.4 Å². The second-order valence-electron chi connectivity index (χ2n) is 14.0. The molecule has 0 aliphatic carbocycles. The summed E-state index contributed by atoms with van der Waals surface area (Å²) in [5.41, 5.74) is 0. The first kappa shape index (κ1) is 46.1. The molecule has 0 aliphatic heterocycles. The number of hydrogen-bond donors (Lipinski definition) is 0. The van der Waals surface area contributed by atoms with Crippen molar-refractivity contribution >= 4 is 5.97 Å². The summed E-state index contributed by atoms with van der Waals surface area (Å²) in [7, 11) is 0. The van der Waals surface area contributed by atoms with Gasteiger partial charge in [-0.3, -0.25) is 0 Å². The van der Waals surface area contributed by atoms with Gasteiger partial charge in [0.2, 0.25) is 0 Å². The molecule has 0 aromatic heterocycles. The molecule has 0 rings (SSSR count). The molecular formula is C40H80LiNO2. The molecular weight excluding hydrogens is 533 g/mol. The normalized spacial score (nSPS) is 12.1. The maximum atomic E-state index is 11.5. The number of unbranched alkanes of at least 4 members (excludes halogenated alkanes) is 28. The summed E-state index contributed by atoms with van der Waals surface area (Å²) in [5.74, 6) is -0.878. The molecule has 4 heteroatoms. The molecule has 44 heavy (non-hydrogen) atoms. The van der Waals surface area contributed by atoms with E-state index in [0.717, 1.165) is 25.9 Å². The first-order chi connectivity index (χ1) is 21.2. The molecule has 0 aliphatic rings. The molecule has 0 N–H and O–H groups in total. The molecule has 1 unspecified atom stereocenters. The van der Waals surface area contributed by atoms with Gasteiger partial charge >= 0.3 is 18.9 Å². The fourth-order valence-electron chi connectivity index (χ4n) is 6.79. The number of aliphatic carboxylic acids is 1. The Morgan fingerprint density at radius 3 is 0.909 bits per heavy atom. The van der Waals surface area contributed by atoms with E-state index in [2.05, 4.69) is 25.7 Å². The smallest absolute Gasteiger partial charge is 0.550 e. The molecule has 0 saturated carbocycles. The second kappa shape index (κ2) is 39.2. The SMILES string of the molecule is CCCCCCCCCCCCCCCCCN(CCCCCCCCCCCCCCCCC)C(CCC)CC(=O)[O-].[Li+]. The van der Waals surface area contributed by atoms with Gasteiger partial charge in [-0.1, -0.05) is 207 Å². The third kappa shape index (κ3) is 34.9. The predicted molar refractivity (Wildman–Crippen MR) is 190 cm³/mol. The fourth-order valence-corrected chi connectivity index (χ4v) is 6.79. The van der Waals surface area contributed by atoms with E-state index in [0.29, 0.717) is 0 Å². The van der Waals surface area contributed by atoms with E-state index in [-0.39, 0.29) is 31.3 Å². The van der Waals surface area contributed by atoms with Crippen LogP contribution in [-0.4, -0.2) is 30.0 Å². The quantitative estimate of drug-likeness (QED) is 0.0518. The van der Waals surface area contributed by atoms with Crippen LogP contribution in [0.2, 0.25) is 0 Å². The van der Waals surface area contributed by atoms with Crippen LogP contribution in [0.15, 0.2) is 0 Å². The average molecular weight is 614 g/mol. The van der Waals surface area contributed by atoms with Crippen LogP contribution in [0.3, 0.4) is 0 Å². The molecule has 0 saturated heterocycles. The summed E-state index contributed by atoms with van der Waals surface area (Å²) in [6.45, 7) is 8.89. The zero-order valence-corrected chi connectivity index (χ0v) is 31.1. The van der Waals surface area contributed by atoms with E-state index in [4.69, 9.17) is 0 Å². The summed E-state index contributed by atoms with van der Waals surface area (Å²) >= 11 is 0. The van der Waals surface area contributed by atoms with Crippen molar-refractivity contribution in [3.8, 4) is 0 Å².